The quantitative estimate of drug-likeness (QED) is 0.631. The largest absolute Gasteiger partial charge is 0.446 e. The Morgan fingerprint density at radius 1 is 1.33 bits per heavy atom. The molecule has 1 amide bonds. The molecule has 0 rings (SSSR count). The van der Waals surface area contributed by atoms with E-state index in [2.05, 4.69) is 0 Å². The van der Waals surface area contributed by atoms with Gasteiger partial charge in [0.2, 0.25) is 0 Å². The standard InChI is InChI=1S/C10H22N2O5S/c1-9(2)17-10(14)11-18(15,16)12(3)7-5-4-6-8-13/h9,13H,4-8H2,1-3H3,(H,11,14). The average Bonchev–Trinajstić information content (AvgIpc) is 2.21. The number of unbranched alkanes of at least 4 members (excludes halogenated alkanes) is 2. The van der Waals surface area contributed by atoms with Gasteiger partial charge in [-0.05, 0) is 33.1 Å². The lowest BCUT2D eigenvalue weighted by Gasteiger charge is -2.17. The second-order valence-electron chi connectivity index (χ2n) is 4.17. The lowest BCUT2D eigenvalue weighted by Crippen LogP contribution is -2.42. The first-order valence-electron chi connectivity index (χ1n) is 5.85. The summed E-state index contributed by atoms with van der Waals surface area (Å²) < 4.78 is 30.9. The predicted molar refractivity (Wildman–Crippen MR) is 67.2 cm³/mol. The molecule has 0 saturated carbocycles. The Hall–Kier alpha value is -0.860. The number of ether oxygens (including phenoxy) is 1. The first kappa shape index (κ1) is 17.1. The minimum absolute atomic E-state index is 0.0927. The molecule has 0 spiro atoms. The number of hydrogen-bond acceptors (Lipinski definition) is 5. The van der Waals surface area contributed by atoms with E-state index in [0.29, 0.717) is 12.8 Å². The fraction of sp³-hybridized carbons (Fsp3) is 0.900. The van der Waals surface area contributed by atoms with Crippen molar-refractivity contribution in [2.75, 3.05) is 20.2 Å². The van der Waals surface area contributed by atoms with E-state index < -0.39 is 16.3 Å². The molecule has 8 heteroatoms. The molecule has 0 aromatic carbocycles. The smallest absolute Gasteiger partial charge is 0.422 e. The summed E-state index contributed by atoms with van der Waals surface area (Å²) in [5.41, 5.74) is 0. The van der Waals surface area contributed by atoms with Crippen molar-refractivity contribution in [3.05, 3.63) is 0 Å². The third-order valence-corrected chi connectivity index (χ3v) is 3.52. The van der Waals surface area contributed by atoms with Gasteiger partial charge in [-0.3, -0.25) is 0 Å². The summed E-state index contributed by atoms with van der Waals surface area (Å²) in [6.07, 6.45) is 0.628. The van der Waals surface area contributed by atoms with Crippen LogP contribution >= 0.6 is 0 Å². The van der Waals surface area contributed by atoms with Gasteiger partial charge in [-0.15, -0.1) is 0 Å². The van der Waals surface area contributed by atoms with Gasteiger partial charge in [0.05, 0.1) is 6.10 Å². The molecule has 0 aliphatic carbocycles. The van der Waals surface area contributed by atoms with Crippen molar-refractivity contribution in [1.82, 2.24) is 9.03 Å². The molecule has 0 saturated heterocycles. The highest BCUT2D eigenvalue weighted by Crippen LogP contribution is 2.01. The minimum Gasteiger partial charge on any atom is -0.446 e. The van der Waals surface area contributed by atoms with Crippen molar-refractivity contribution >= 4 is 16.3 Å². The van der Waals surface area contributed by atoms with Crippen molar-refractivity contribution in [3.63, 3.8) is 0 Å². The van der Waals surface area contributed by atoms with E-state index in [-0.39, 0.29) is 19.3 Å². The van der Waals surface area contributed by atoms with Crippen LogP contribution in [0.3, 0.4) is 0 Å². The van der Waals surface area contributed by atoms with E-state index in [0.717, 1.165) is 10.7 Å². The molecule has 7 nitrogen and oxygen atoms in total. The van der Waals surface area contributed by atoms with Crippen LogP contribution < -0.4 is 4.72 Å². The van der Waals surface area contributed by atoms with E-state index >= 15 is 0 Å². The predicted octanol–water partition coefficient (Wildman–Crippen LogP) is 0.460. The normalized spacial score (nSPS) is 11.9. The van der Waals surface area contributed by atoms with E-state index in [4.69, 9.17) is 9.84 Å². The van der Waals surface area contributed by atoms with Crippen molar-refractivity contribution in [2.24, 2.45) is 0 Å². The summed E-state index contributed by atoms with van der Waals surface area (Å²) in [7, 11) is -2.47. The Morgan fingerprint density at radius 2 is 1.94 bits per heavy atom. The topological polar surface area (TPSA) is 95.9 Å². The van der Waals surface area contributed by atoms with Gasteiger partial charge >= 0.3 is 16.3 Å². The van der Waals surface area contributed by atoms with Crippen molar-refractivity contribution in [1.29, 1.82) is 0 Å². The number of hydrogen-bond donors (Lipinski definition) is 2. The van der Waals surface area contributed by atoms with Crippen LogP contribution in [-0.2, 0) is 14.9 Å². The van der Waals surface area contributed by atoms with Crippen LogP contribution in [0.4, 0.5) is 4.79 Å². The van der Waals surface area contributed by atoms with Crippen LogP contribution in [0, 0.1) is 0 Å². The summed E-state index contributed by atoms with van der Waals surface area (Å²) in [6, 6.07) is 0. The Labute approximate surface area is 108 Å². The molecule has 0 fully saturated rings. The van der Waals surface area contributed by atoms with Gasteiger partial charge in [0.1, 0.15) is 0 Å². The SMILES string of the molecule is CC(C)OC(=O)NS(=O)(=O)N(C)CCCCCO. The number of aliphatic hydroxyl groups is 1. The molecular formula is C10H22N2O5S. The number of aliphatic hydroxyl groups excluding tert-OH is 1. The van der Waals surface area contributed by atoms with Gasteiger partial charge in [-0.2, -0.15) is 12.7 Å². The second-order valence-corrected chi connectivity index (χ2v) is 5.94. The molecule has 0 aromatic rings. The molecular weight excluding hydrogens is 260 g/mol. The third kappa shape index (κ3) is 7.46. The van der Waals surface area contributed by atoms with Crippen LogP contribution in [0.5, 0.6) is 0 Å². The zero-order valence-electron chi connectivity index (χ0n) is 11.0. The lowest BCUT2D eigenvalue weighted by atomic mass is 10.2. The minimum atomic E-state index is -3.85. The lowest BCUT2D eigenvalue weighted by molar-refractivity contribution is 0.121. The molecule has 0 bridgehead atoms. The molecule has 0 unspecified atom stereocenters. The van der Waals surface area contributed by atoms with E-state index in [9.17, 15) is 13.2 Å². The van der Waals surface area contributed by atoms with Gasteiger partial charge in [0.25, 0.3) is 0 Å². The van der Waals surface area contributed by atoms with Gasteiger partial charge in [0.15, 0.2) is 0 Å². The summed E-state index contributed by atoms with van der Waals surface area (Å²) in [6.45, 7) is 3.63. The Balaban J connectivity index is 4.15. The third-order valence-electron chi connectivity index (χ3n) is 2.10. The number of carbonyl (C=O) groups is 1. The molecule has 0 aliphatic rings. The van der Waals surface area contributed by atoms with Gasteiger partial charge in [-0.1, -0.05) is 0 Å². The summed E-state index contributed by atoms with van der Waals surface area (Å²) in [5.74, 6) is 0. The maximum absolute atomic E-state index is 11.7. The van der Waals surface area contributed by atoms with Crippen molar-refractivity contribution < 1.29 is 23.1 Å². The summed E-state index contributed by atoms with van der Waals surface area (Å²) in [5, 5.41) is 8.59. The second kappa shape index (κ2) is 8.28. The zero-order valence-corrected chi connectivity index (χ0v) is 11.9. The summed E-state index contributed by atoms with van der Waals surface area (Å²) in [4.78, 5) is 11.2. The zero-order chi connectivity index (χ0) is 14.2. The number of rotatable bonds is 8. The molecule has 108 valence electrons. The maximum atomic E-state index is 11.7. The number of nitrogens with one attached hydrogen (secondary N) is 1. The monoisotopic (exact) mass is 282 g/mol. The molecule has 0 aromatic heterocycles. The number of amides is 1. The summed E-state index contributed by atoms with van der Waals surface area (Å²) >= 11 is 0. The molecule has 0 radical (unpaired) electrons. The Bertz CT molecular complexity index is 342. The maximum Gasteiger partial charge on any atom is 0.422 e. The fourth-order valence-corrected chi connectivity index (χ4v) is 1.95. The Morgan fingerprint density at radius 3 is 2.44 bits per heavy atom. The Kier molecular flexibility index (Phi) is 7.88. The van der Waals surface area contributed by atoms with Gasteiger partial charge in [-0.25, -0.2) is 9.52 Å². The highest BCUT2D eigenvalue weighted by atomic mass is 32.2. The molecule has 0 atom stereocenters. The van der Waals surface area contributed by atoms with Crippen LogP contribution in [0.1, 0.15) is 33.1 Å². The van der Waals surface area contributed by atoms with E-state index in [1.54, 1.807) is 13.8 Å². The molecule has 2 N–H and O–H groups in total. The van der Waals surface area contributed by atoms with Crippen molar-refractivity contribution in [3.8, 4) is 0 Å². The molecule has 18 heavy (non-hydrogen) atoms. The van der Waals surface area contributed by atoms with E-state index in [1.165, 1.54) is 7.05 Å². The van der Waals surface area contributed by atoms with Crippen LogP contribution in [0.2, 0.25) is 0 Å². The highest BCUT2D eigenvalue weighted by molar-refractivity contribution is 7.87. The fourth-order valence-electron chi connectivity index (χ4n) is 1.16. The van der Waals surface area contributed by atoms with Crippen molar-refractivity contribution in [2.45, 2.75) is 39.2 Å². The van der Waals surface area contributed by atoms with Crippen LogP contribution in [0.15, 0.2) is 0 Å². The van der Waals surface area contributed by atoms with Crippen LogP contribution in [-0.4, -0.2) is 50.2 Å². The first-order chi connectivity index (χ1) is 8.29. The number of nitrogens with zero attached hydrogens (tertiary/aromatic N) is 1. The number of carbonyl (C=O) groups excluding carboxylic acids is 1. The van der Waals surface area contributed by atoms with Crippen LogP contribution in [0.25, 0.3) is 0 Å². The molecule has 0 heterocycles. The average molecular weight is 282 g/mol. The first-order valence-corrected chi connectivity index (χ1v) is 7.29. The van der Waals surface area contributed by atoms with E-state index in [1.807, 2.05) is 4.72 Å². The highest BCUT2D eigenvalue weighted by Gasteiger charge is 2.21. The van der Waals surface area contributed by atoms with Gasteiger partial charge in [0, 0.05) is 20.2 Å². The molecule has 0 aliphatic heterocycles. The van der Waals surface area contributed by atoms with Gasteiger partial charge < -0.3 is 9.84 Å².